The number of rotatable bonds is 9. The molecule has 3 aromatic heterocycles. The Morgan fingerprint density at radius 3 is 2.69 bits per heavy atom. The zero-order valence-electron chi connectivity index (χ0n) is 24.5. The molecule has 2 aliphatic rings. The Kier molecular flexibility index (Phi) is 8.11. The Labute approximate surface area is 246 Å². The van der Waals surface area contributed by atoms with E-state index in [1.54, 1.807) is 6.20 Å². The minimum atomic E-state index is 0.207. The average Bonchev–Trinajstić information content (AvgIpc) is 3.60. The van der Waals surface area contributed by atoms with Crippen LogP contribution in [0.2, 0.25) is 0 Å². The van der Waals surface area contributed by atoms with Crippen molar-refractivity contribution in [2.24, 2.45) is 17.8 Å². The van der Waals surface area contributed by atoms with Gasteiger partial charge in [0.25, 0.3) is 0 Å². The Hall–Kier alpha value is -4.35. The van der Waals surface area contributed by atoms with E-state index in [0.29, 0.717) is 5.95 Å². The second-order valence-corrected chi connectivity index (χ2v) is 11.0. The number of hydrogen-bond donors (Lipinski definition) is 2. The molecule has 4 aromatic rings. The van der Waals surface area contributed by atoms with Crippen LogP contribution in [0.25, 0.3) is 28.1 Å². The molecule has 1 aliphatic carbocycles. The molecule has 218 valence electrons. The van der Waals surface area contributed by atoms with E-state index in [2.05, 4.69) is 49.6 Å². The van der Waals surface area contributed by atoms with Gasteiger partial charge in [-0.1, -0.05) is 24.3 Å². The molecule has 42 heavy (non-hydrogen) atoms. The maximum absolute atomic E-state index is 5.91. The van der Waals surface area contributed by atoms with Crippen molar-refractivity contribution in [2.75, 3.05) is 38.2 Å². The van der Waals surface area contributed by atoms with Gasteiger partial charge in [-0.25, -0.2) is 9.97 Å². The van der Waals surface area contributed by atoms with Crippen molar-refractivity contribution >= 4 is 23.4 Å². The van der Waals surface area contributed by atoms with Crippen LogP contribution in [0.15, 0.2) is 54.0 Å². The smallest absolute Gasteiger partial charge is 0.227 e. The average molecular weight is 567 g/mol. The third-order valence-corrected chi connectivity index (χ3v) is 7.67. The molecule has 11 nitrogen and oxygen atoms in total. The molecule has 0 spiro atoms. The predicted octanol–water partition coefficient (Wildman–Crippen LogP) is 3.69. The molecule has 1 saturated heterocycles. The fraction of sp³-hybridized carbons (Fsp3) is 0.387. The van der Waals surface area contributed by atoms with Crippen LogP contribution in [0.4, 0.5) is 11.6 Å². The number of fused-ring (bicyclic) bond motifs is 3. The van der Waals surface area contributed by atoms with Crippen LogP contribution in [0.1, 0.15) is 30.7 Å². The van der Waals surface area contributed by atoms with Crippen molar-refractivity contribution in [3.05, 3.63) is 65.9 Å². The zero-order valence-corrected chi connectivity index (χ0v) is 24.5. The molecule has 6 rings (SSSR count). The number of morpholine rings is 1. The van der Waals surface area contributed by atoms with E-state index in [1.165, 1.54) is 0 Å². The van der Waals surface area contributed by atoms with Crippen LogP contribution in [0.5, 0.6) is 0 Å². The number of ether oxygens (including phenoxy) is 1. The van der Waals surface area contributed by atoms with Gasteiger partial charge >= 0.3 is 0 Å². The summed E-state index contributed by atoms with van der Waals surface area (Å²) in [6.07, 6.45) is 10.9. The Balaban J connectivity index is 1.23. The Morgan fingerprint density at radius 2 is 1.93 bits per heavy atom. The summed E-state index contributed by atoms with van der Waals surface area (Å²) in [6.45, 7) is 9.39. The van der Waals surface area contributed by atoms with E-state index in [9.17, 15) is 0 Å². The zero-order chi connectivity index (χ0) is 29.1. The maximum atomic E-state index is 5.91. The number of benzene rings is 1. The lowest BCUT2D eigenvalue weighted by molar-refractivity contribution is 0.0360. The SMILES string of the molecule is CC(C)N=CC(=CN)c1ccc(-c2c3c(nn2C)CCc2cnc(Nc4cnn(CCN5CCOCC5)c4)nc2-3)cc1. The molecule has 11 heteroatoms. The van der Waals surface area contributed by atoms with Crippen molar-refractivity contribution in [1.29, 1.82) is 0 Å². The van der Waals surface area contributed by atoms with Gasteiger partial charge in [-0.3, -0.25) is 19.3 Å². The number of hydrogen-bond acceptors (Lipinski definition) is 9. The van der Waals surface area contributed by atoms with Crippen LogP contribution in [-0.2, 0) is 31.2 Å². The summed E-state index contributed by atoms with van der Waals surface area (Å²) in [4.78, 5) is 16.5. The summed E-state index contributed by atoms with van der Waals surface area (Å²) in [5.74, 6) is 0.543. The van der Waals surface area contributed by atoms with Crippen molar-refractivity contribution in [1.82, 2.24) is 34.4 Å². The lowest BCUT2D eigenvalue weighted by atomic mass is 9.91. The Morgan fingerprint density at radius 1 is 1.12 bits per heavy atom. The number of aryl methyl sites for hydroxylation is 3. The highest BCUT2D eigenvalue weighted by Gasteiger charge is 2.27. The highest BCUT2D eigenvalue weighted by Crippen LogP contribution is 2.39. The fourth-order valence-corrected chi connectivity index (χ4v) is 5.47. The molecule has 0 bridgehead atoms. The first kappa shape index (κ1) is 27.8. The topological polar surface area (TPSA) is 124 Å². The van der Waals surface area contributed by atoms with Gasteiger partial charge in [0.2, 0.25) is 5.95 Å². The molecule has 1 fully saturated rings. The molecule has 0 unspecified atom stereocenters. The maximum Gasteiger partial charge on any atom is 0.227 e. The molecule has 0 amide bonds. The van der Waals surface area contributed by atoms with E-state index in [-0.39, 0.29) is 6.04 Å². The normalized spacial score (nSPS) is 15.8. The summed E-state index contributed by atoms with van der Waals surface area (Å²) in [5, 5.41) is 12.8. The Bertz CT molecular complexity index is 1590. The largest absolute Gasteiger partial charge is 0.404 e. The van der Waals surface area contributed by atoms with Gasteiger partial charge in [0.05, 0.1) is 48.7 Å². The minimum Gasteiger partial charge on any atom is -0.404 e. The first-order chi connectivity index (χ1) is 20.5. The lowest BCUT2D eigenvalue weighted by Crippen LogP contribution is -2.38. The van der Waals surface area contributed by atoms with E-state index >= 15 is 0 Å². The molecule has 4 heterocycles. The van der Waals surface area contributed by atoms with Gasteiger partial charge < -0.3 is 15.8 Å². The summed E-state index contributed by atoms with van der Waals surface area (Å²) < 4.78 is 9.36. The summed E-state index contributed by atoms with van der Waals surface area (Å²) in [6, 6.07) is 8.58. The molecule has 1 aromatic carbocycles. The van der Waals surface area contributed by atoms with Crippen molar-refractivity contribution in [2.45, 2.75) is 39.3 Å². The van der Waals surface area contributed by atoms with Crippen molar-refractivity contribution in [3.8, 4) is 22.5 Å². The molecular weight excluding hydrogens is 528 g/mol. The highest BCUT2D eigenvalue weighted by atomic mass is 16.5. The standard InChI is InChI=1S/C31H38N10O/c1-21(2)33-18-25(16-32)22-4-6-23(7-5-22)30-28-27(38-39(30)3)9-8-24-17-34-31(37-29(24)28)36-26-19-35-41(20-26)11-10-40-12-14-42-15-13-40/h4-7,16-21H,8-15,32H2,1-3H3,(H,34,36,37). The number of nitrogens with one attached hydrogen (secondary N) is 1. The number of aliphatic imine (C=N–C) groups is 1. The van der Waals surface area contributed by atoms with Crippen LogP contribution < -0.4 is 11.1 Å². The molecular formula is C31H38N10O. The number of allylic oxidation sites excluding steroid dienone is 1. The third-order valence-electron chi connectivity index (χ3n) is 7.67. The van der Waals surface area contributed by atoms with Gasteiger partial charge in [0.1, 0.15) is 0 Å². The first-order valence-electron chi connectivity index (χ1n) is 14.6. The van der Waals surface area contributed by atoms with E-state index in [0.717, 1.165) is 103 Å². The second-order valence-electron chi connectivity index (χ2n) is 11.0. The lowest BCUT2D eigenvalue weighted by Gasteiger charge is -2.26. The van der Waals surface area contributed by atoms with E-state index < -0.39 is 0 Å². The summed E-state index contributed by atoms with van der Waals surface area (Å²) >= 11 is 0. The fourth-order valence-electron chi connectivity index (χ4n) is 5.47. The van der Waals surface area contributed by atoms with Crippen molar-refractivity contribution in [3.63, 3.8) is 0 Å². The summed E-state index contributed by atoms with van der Waals surface area (Å²) in [7, 11) is 1.99. The van der Waals surface area contributed by atoms with E-state index in [1.807, 2.05) is 55.1 Å². The van der Waals surface area contributed by atoms with Crippen LogP contribution in [0.3, 0.4) is 0 Å². The van der Waals surface area contributed by atoms with E-state index in [4.69, 9.17) is 20.6 Å². The minimum absolute atomic E-state index is 0.207. The van der Waals surface area contributed by atoms with Gasteiger partial charge in [0.15, 0.2) is 0 Å². The highest BCUT2D eigenvalue weighted by molar-refractivity contribution is 6.09. The van der Waals surface area contributed by atoms with Crippen LogP contribution >= 0.6 is 0 Å². The molecule has 1 aliphatic heterocycles. The first-order valence-corrected chi connectivity index (χ1v) is 14.6. The van der Waals surface area contributed by atoms with Gasteiger partial charge in [-0.05, 0) is 37.8 Å². The molecule has 0 atom stereocenters. The predicted molar refractivity (Wildman–Crippen MR) is 166 cm³/mol. The monoisotopic (exact) mass is 566 g/mol. The van der Waals surface area contributed by atoms with Gasteiger partial charge in [-0.15, -0.1) is 0 Å². The molecule has 3 N–H and O–H groups in total. The van der Waals surface area contributed by atoms with Gasteiger partial charge in [0, 0.05) is 74.2 Å². The number of nitrogens with zero attached hydrogens (tertiary/aromatic N) is 8. The van der Waals surface area contributed by atoms with Gasteiger partial charge in [-0.2, -0.15) is 10.2 Å². The van der Waals surface area contributed by atoms with Crippen LogP contribution in [0, 0.1) is 0 Å². The number of nitrogens with two attached hydrogens (primary N) is 1. The number of anilines is 2. The van der Waals surface area contributed by atoms with Crippen molar-refractivity contribution < 1.29 is 4.74 Å². The molecule has 0 saturated carbocycles. The van der Waals surface area contributed by atoms with Crippen LogP contribution in [-0.4, -0.2) is 79.5 Å². The molecule has 0 radical (unpaired) electrons. The number of aromatic nitrogens is 6. The third kappa shape index (κ3) is 5.97. The quantitative estimate of drug-likeness (QED) is 0.294. The second kappa shape index (κ2) is 12.3. The summed E-state index contributed by atoms with van der Waals surface area (Å²) in [5.41, 5.74) is 14.9.